The highest BCUT2D eigenvalue weighted by Gasteiger charge is 2.14. The first kappa shape index (κ1) is 15.4. The van der Waals surface area contributed by atoms with Crippen LogP contribution in [0.4, 0.5) is 5.69 Å². The topological polar surface area (TPSA) is 72.4 Å². The van der Waals surface area contributed by atoms with Gasteiger partial charge < -0.3 is 9.73 Å². The first-order valence-electron chi connectivity index (χ1n) is 7.58. The fraction of sp³-hybridized carbons (Fsp3) is 0.0556. The van der Waals surface area contributed by atoms with Gasteiger partial charge in [-0.3, -0.25) is 4.79 Å². The van der Waals surface area contributed by atoms with E-state index in [-0.39, 0.29) is 5.91 Å². The van der Waals surface area contributed by atoms with Crippen LogP contribution in [0.3, 0.4) is 0 Å². The molecule has 0 aliphatic heterocycles. The Labute approximate surface area is 148 Å². The molecule has 0 saturated heterocycles. The molecule has 1 aromatic carbocycles. The smallest absolute Gasteiger partial charge is 0.274 e. The van der Waals surface area contributed by atoms with Crippen LogP contribution in [0.2, 0.25) is 5.02 Å². The van der Waals surface area contributed by atoms with E-state index in [1.54, 1.807) is 53.2 Å². The van der Waals surface area contributed by atoms with Crippen molar-refractivity contribution < 1.29 is 9.21 Å². The van der Waals surface area contributed by atoms with Gasteiger partial charge in [0.2, 0.25) is 0 Å². The zero-order chi connectivity index (χ0) is 17.4. The second kappa shape index (κ2) is 6.07. The molecular weight excluding hydrogens is 340 g/mol. The molecule has 3 heterocycles. The van der Waals surface area contributed by atoms with Crippen LogP contribution in [0, 0.1) is 6.92 Å². The molecule has 0 fully saturated rings. The quantitative estimate of drug-likeness (QED) is 0.599. The summed E-state index contributed by atoms with van der Waals surface area (Å²) >= 11 is 5.94. The molecule has 6 nitrogen and oxygen atoms in total. The molecule has 1 N–H and O–H groups in total. The van der Waals surface area contributed by atoms with Crippen LogP contribution in [0.5, 0.6) is 0 Å². The van der Waals surface area contributed by atoms with Gasteiger partial charge >= 0.3 is 0 Å². The van der Waals surface area contributed by atoms with Crippen molar-refractivity contribution in [2.75, 3.05) is 5.32 Å². The maximum atomic E-state index is 12.5. The van der Waals surface area contributed by atoms with Gasteiger partial charge in [-0.25, -0.2) is 9.50 Å². The Morgan fingerprint density at radius 3 is 2.84 bits per heavy atom. The first-order chi connectivity index (χ1) is 12.1. The summed E-state index contributed by atoms with van der Waals surface area (Å²) in [6.07, 6.45) is 1.59. The Hall–Kier alpha value is -3.12. The second-order valence-corrected chi connectivity index (χ2v) is 5.96. The van der Waals surface area contributed by atoms with Crippen LogP contribution in [0.25, 0.3) is 17.1 Å². The molecule has 0 saturated carbocycles. The van der Waals surface area contributed by atoms with Crippen molar-refractivity contribution in [3.8, 4) is 11.5 Å². The number of hydrogen-bond donors (Lipinski definition) is 1. The van der Waals surface area contributed by atoms with E-state index in [2.05, 4.69) is 15.4 Å². The first-order valence-corrected chi connectivity index (χ1v) is 7.96. The normalized spacial score (nSPS) is 11.0. The lowest BCUT2D eigenvalue weighted by Crippen LogP contribution is -2.15. The minimum Gasteiger partial charge on any atom is -0.463 e. The van der Waals surface area contributed by atoms with Crippen LogP contribution < -0.4 is 5.32 Å². The van der Waals surface area contributed by atoms with Gasteiger partial charge in [-0.2, -0.15) is 5.10 Å². The largest absolute Gasteiger partial charge is 0.463 e. The van der Waals surface area contributed by atoms with E-state index >= 15 is 0 Å². The monoisotopic (exact) mass is 352 g/mol. The summed E-state index contributed by atoms with van der Waals surface area (Å²) < 4.78 is 7.04. The number of rotatable bonds is 3. The van der Waals surface area contributed by atoms with Crippen molar-refractivity contribution in [2.24, 2.45) is 0 Å². The zero-order valence-corrected chi connectivity index (χ0v) is 14.0. The summed E-state index contributed by atoms with van der Waals surface area (Å²) in [6.45, 7) is 1.86. The molecule has 0 atom stereocenters. The van der Waals surface area contributed by atoms with E-state index in [0.717, 1.165) is 5.69 Å². The second-order valence-electron chi connectivity index (χ2n) is 5.52. The number of carbonyl (C=O) groups excluding carboxylic acids is 1. The number of aromatic nitrogens is 3. The van der Waals surface area contributed by atoms with Crippen molar-refractivity contribution in [3.05, 3.63) is 71.2 Å². The Kier molecular flexibility index (Phi) is 3.74. The SMILES string of the molecule is Cc1cc(C(=O)Nc2cccc(Cl)c2)nc2cc(-c3ccco3)nn12. The number of carbonyl (C=O) groups is 1. The van der Waals surface area contributed by atoms with Gasteiger partial charge in [-0.05, 0) is 43.3 Å². The van der Waals surface area contributed by atoms with Gasteiger partial charge in [0, 0.05) is 22.5 Å². The summed E-state index contributed by atoms with van der Waals surface area (Å²) in [5, 5.41) is 7.81. The molecule has 0 bridgehead atoms. The number of nitrogens with zero attached hydrogens (tertiary/aromatic N) is 3. The Morgan fingerprint density at radius 1 is 1.20 bits per heavy atom. The number of halogens is 1. The van der Waals surface area contributed by atoms with Gasteiger partial charge in [0.25, 0.3) is 5.91 Å². The lowest BCUT2D eigenvalue weighted by molar-refractivity contribution is 0.102. The summed E-state index contributed by atoms with van der Waals surface area (Å²) in [5.41, 5.74) is 2.94. The van der Waals surface area contributed by atoms with Gasteiger partial charge in [0.1, 0.15) is 11.4 Å². The molecule has 0 aliphatic rings. The summed E-state index contributed by atoms with van der Waals surface area (Å²) in [6, 6.07) is 14.0. The van der Waals surface area contributed by atoms with E-state index < -0.39 is 0 Å². The summed E-state index contributed by atoms with van der Waals surface area (Å²) in [5.74, 6) is 0.337. The average molecular weight is 353 g/mol. The molecule has 4 rings (SSSR count). The fourth-order valence-corrected chi connectivity index (χ4v) is 2.74. The number of fused-ring (bicyclic) bond motifs is 1. The van der Waals surface area contributed by atoms with Crippen LogP contribution in [-0.2, 0) is 0 Å². The molecule has 3 aromatic heterocycles. The minimum absolute atomic E-state index is 0.302. The maximum Gasteiger partial charge on any atom is 0.274 e. The number of amides is 1. The molecule has 0 spiro atoms. The number of anilines is 1. The number of nitrogens with one attached hydrogen (secondary N) is 1. The van der Waals surface area contributed by atoms with Crippen molar-refractivity contribution in [1.29, 1.82) is 0 Å². The van der Waals surface area contributed by atoms with Crippen LogP contribution in [0.15, 0.2) is 59.2 Å². The van der Waals surface area contributed by atoms with Crippen LogP contribution in [0.1, 0.15) is 16.2 Å². The van der Waals surface area contributed by atoms with Crippen LogP contribution in [-0.4, -0.2) is 20.5 Å². The van der Waals surface area contributed by atoms with Gasteiger partial charge in [0.05, 0.1) is 6.26 Å². The van der Waals surface area contributed by atoms with E-state index in [1.807, 2.05) is 13.0 Å². The van der Waals surface area contributed by atoms with Crippen molar-refractivity contribution in [1.82, 2.24) is 14.6 Å². The molecule has 0 radical (unpaired) electrons. The van der Waals surface area contributed by atoms with Crippen LogP contribution >= 0.6 is 11.6 Å². The lowest BCUT2D eigenvalue weighted by Gasteiger charge is -2.06. The van der Waals surface area contributed by atoms with E-state index in [4.69, 9.17) is 16.0 Å². The number of benzene rings is 1. The molecule has 124 valence electrons. The highest BCUT2D eigenvalue weighted by Crippen LogP contribution is 2.21. The third-order valence-corrected chi connectivity index (χ3v) is 3.93. The molecule has 25 heavy (non-hydrogen) atoms. The van der Waals surface area contributed by atoms with Gasteiger partial charge in [-0.1, -0.05) is 17.7 Å². The predicted molar refractivity (Wildman–Crippen MR) is 94.8 cm³/mol. The fourth-order valence-electron chi connectivity index (χ4n) is 2.55. The van der Waals surface area contributed by atoms with E-state index in [1.165, 1.54) is 0 Å². The van der Waals surface area contributed by atoms with Crippen molar-refractivity contribution in [3.63, 3.8) is 0 Å². The highest BCUT2D eigenvalue weighted by molar-refractivity contribution is 6.30. The maximum absolute atomic E-state index is 12.5. The third-order valence-electron chi connectivity index (χ3n) is 3.69. The average Bonchev–Trinajstić information content (AvgIpc) is 3.24. The van der Waals surface area contributed by atoms with E-state index in [0.29, 0.717) is 33.5 Å². The van der Waals surface area contributed by atoms with Crippen molar-refractivity contribution >= 4 is 28.8 Å². The Balaban J connectivity index is 1.69. The molecule has 0 aliphatic carbocycles. The predicted octanol–water partition coefficient (Wildman–Crippen LogP) is 4.20. The van der Waals surface area contributed by atoms with Crippen molar-refractivity contribution in [2.45, 2.75) is 6.92 Å². The summed E-state index contributed by atoms with van der Waals surface area (Å²) in [4.78, 5) is 16.9. The molecule has 0 unspecified atom stereocenters. The van der Waals surface area contributed by atoms with Gasteiger partial charge in [0.15, 0.2) is 11.4 Å². The molecule has 7 heteroatoms. The molecule has 4 aromatic rings. The van der Waals surface area contributed by atoms with Gasteiger partial charge in [-0.15, -0.1) is 0 Å². The standard InChI is InChI=1S/C18H13ClN4O2/c1-11-8-15(18(24)20-13-5-2-4-12(19)9-13)21-17-10-14(22-23(11)17)16-6-3-7-25-16/h2-10H,1H3,(H,20,24). The Morgan fingerprint density at radius 2 is 2.08 bits per heavy atom. The summed E-state index contributed by atoms with van der Waals surface area (Å²) in [7, 11) is 0. The lowest BCUT2D eigenvalue weighted by atomic mass is 10.2. The zero-order valence-electron chi connectivity index (χ0n) is 13.2. The third kappa shape index (κ3) is 2.99. The molecule has 1 amide bonds. The number of aryl methyl sites for hydroxylation is 1. The Bertz CT molecular complexity index is 1070. The minimum atomic E-state index is -0.311. The highest BCUT2D eigenvalue weighted by atomic mass is 35.5. The number of hydrogen-bond acceptors (Lipinski definition) is 4. The van der Waals surface area contributed by atoms with E-state index in [9.17, 15) is 4.79 Å². The molecular formula is C18H13ClN4O2. The number of furan rings is 1.